The maximum atomic E-state index is 14.0. The van der Waals surface area contributed by atoms with Gasteiger partial charge >= 0.3 is 0 Å². The highest BCUT2D eigenvalue weighted by Gasteiger charge is 2.25. The Labute approximate surface area is 165 Å². The smallest absolute Gasteiger partial charge is 0.283 e. The molecule has 1 aliphatic rings. The van der Waals surface area contributed by atoms with Crippen LogP contribution in [-0.4, -0.2) is 27.3 Å². The number of amides is 1. The summed E-state index contributed by atoms with van der Waals surface area (Å²) in [5.74, 6) is 0.577. The van der Waals surface area contributed by atoms with E-state index < -0.39 is 0 Å². The van der Waals surface area contributed by atoms with Crippen molar-refractivity contribution >= 4 is 28.3 Å². The zero-order valence-electron chi connectivity index (χ0n) is 15.2. The fourth-order valence-corrected chi connectivity index (χ4v) is 3.29. The van der Waals surface area contributed by atoms with Gasteiger partial charge in [-0.15, -0.1) is 0 Å². The van der Waals surface area contributed by atoms with Crippen LogP contribution in [0.5, 0.6) is 5.75 Å². The quantitative estimate of drug-likeness (QED) is 0.579. The van der Waals surface area contributed by atoms with Gasteiger partial charge in [-0.3, -0.25) is 14.9 Å². The molecule has 29 heavy (non-hydrogen) atoms. The lowest BCUT2D eigenvalue weighted by atomic mass is 10.2. The maximum absolute atomic E-state index is 14.0. The van der Waals surface area contributed by atoms with Crippen molar-refractivity contribution in [2.45, 2.75) is 6.54 Å². The number of ether oxygens (including phenoxy) is 1. The summed E-state index contributed by atoms with van der Waals surface area (Å²) in [7, 11) is 0. The Morgan fingerprint density at radius 1 is 1.10 bits per heavy atom. The van der Waals surface area contributed by atoms with E-state index in [1.54, 1.807) is 53.5 Å². The summed E-state index contributed by atoms with van der Waals surface area (Å²) in [5, 5.41) is 6.59. The number of anilines is 2. The van der Waals surface area contributed by atoms with Gasteiger partial charge in [0.05, 0.1) is 18.3 Å². The van der Waals surface area contributed by atoms with Crippen LogP contribution < -0.4 is 15.2 Å². The molecule has 144 valence electrons. The number of rotatable bonds is 4. The zero-order valence-corrected chi connectivity index (χ0v) is 15.2. The molecule has 0 saturated heterocycles. The number of aromatic nitrogens is 3. The first-order chi connectivity index (χ1) is 14.2. The summed E-state index contributed by atoms with van der Waals surface area (Å²) in [6.07, 6.45) is 3.35. The lowest BCUT2D eigenvalue weighted by Crippen LogP contribution is -2.42. The van der Waals surface area contributed by atoms with Gasteiger partial charge in [0, 0.05) is 23.2 Å². The van der Waals surface area contributed by atoms with Crippen LogP contribution in [0.1, 0.15) is 5.56 Å². The van der Waals surface area contributed by atoms with Gasteiger partial charge in [-0.1, -0.05) is 30.3 Å². The topological polar surface area (TPSA) is 72.3 Å². The van der Waals surface area contributed by atoms with Gasteiger partial charge in [0.15, 0.2) is 6.61 Å². The van der Waals surface area contributed by atoms with Gasteiger partial charge in [0.2, 0.25) is 0 Å². The molecule has 1 amide bonds. The molecule has 1 aliphatic heterocycles. The minimum absolute atomic E-state index is 0.0581. The van der Waals surface area contributed by atoms with E-state index in [1.807, 2.05) is 12.1 Å². The number of pyridine rings is 1. The van der Waals surface area contributed by atoms with E-state index in [4.69, 9.17) is 4.74 Å². The molecule has 1 N–H and O–H groups in total. The van der Waals surface area contributed by atoms with Crippen molar-refractivity contribution in [1.82, 2.24) is 14.8 Å². The van der Waals surface area contributed by atoms with Crippen LogP contribution >= 0.6 is 0 Å². The molecule has 4 aromatic rings. The van der Waals surface area contributed by atoms with E-state index in [1.165, 1.54) is 11.1 Å². The fourth-order valence-electron chi connectivity index (χ4n) is 3.29. The third-order valence-corrected chi connectivity index (χ3v) is 4.74. The molecule has 0 aliphatic carbocycles. The molecule has 8 heteroatoms. The summed E-state index contributed by atoms with van der Waals surface area (Å²) < 4.78 is 21.2. The molecule has 0 radical (unpaired) electrons. The minimum atomic E-state index is -0.279. The molecule has 0 fully saturated rings. The lowest BCUT2D eigenvalue weighted by molar-refractivity contribution is -0.121. The largest absolute Gasteiger partial charge is 0.481 e. The molecule has 0 saturated carbocycles. The van der Waals surface area contributed by atoms with Crippen molar-refractivity contribution in [3.05, 3.63) is 78.4 Å². The molecule has 2 aromatic carbocycles. The van der Waals surface area contributed by atoms with Gasteiger partial charge in [0.1, 0.15) is 23.1 Å². The highest BCUT2D eigenvalue weighted by Crippen LogP contribution is 2.31. The van der Waals surface area contributed by atoms with E-state index in [-0.39, 0.29) is 18.3 Å². The number of nitrogens with one attached hydrogen (secondary N) is 1. The second-order valence-electron chi connectivity index (χ2n) is 6.62. The summed E-state index contributed by atoms with van der Waals surface area (Å²) in [6.45, 7) is 0.233. The predicted octanol–water partition coefficient (Wildman–Crippen LogP) is 3.37. The van der Waals surface area contributed by atoms with Crippen LogP contribution in [-0.2, 0) is 11.3 Å². The Morgan fingerprint density at radius 3 is 2.83 bits per heavy atom. The van der Waals surface area contributed by atoms with Crippen LogP contribution in [0.2, 0.25) is 0 Å². The van der Waals surface area contributed by atoms with Crippen molar-refractivity contribution in [2.75, 3.05) is 17.0 Å². The van der Waals surface area contributed by atoms with Gasteiger partial charge < -0.3 is 4.74 Å². The van der Waals surface area contributed by atoms with Crippen LogP contribution in [0.3, 0.4) is 0 Å². The monoisotopic (exact) mass is 389 g/mol. The molecule has 7 nitrogen and oxygen atoms in total. The number of halogens is 1. The molecule has 2 aromatic heterocycles. The Bertz CT molecular complexity index is 1220. The molecule has 3 heterocycles. The van der Waals surface area contributed by atoms with Crippen molar-refractivity contribution < 1.29 is 13.9 Å². The molecule has 0 bridgehead atoms. The third kappa shape index (κ3) is 3.14. The van der Waals surface area contributed by atoms with Gasteiger partial charge in [0.25, 0.3) is 5.91 Å². The number of para-hydroxylation sites is 2. The first kappa shape index (κ1) is 17.2. The average molecular weight is 389 g/mol. The van der Waals surface area contributed by atoms with E-state index in [0.717, 1.165) is 10.9 Å². The van der Waals surface area contributed by atoms with Crippen molar-refractivity contribution in [1.29, 1.82) is 0 Å². The second-order valence-corrected chi connectivity index (χ2v) is 6.62. The first-order valence-electron chi connectivity index (χ1n) is 9.05. The Hall–Kier alpha value is -3.94. The van der Waals surface area contributed by atoms with Gasteiger partial charge in [-0.05, 0) is 18.2 Å². The van der Waals surface area contributed by atoms with E-state index in [9.17, 15) is 9.18 Å². The summed E-state index contributed by atoms with van der Waals surface area (Å²) in [4.78, 5) is 16.7. The Balaban J connectivity index is 1.48. The van der Waals surface area contributed by atoms with Crippen LogP contribution in [0.15, 0.2) is 67.0 Å². The average Bonchev–Trinajstić information content (AvgIpc) is 3.14. The number of hydrogen-bond donors (Lipinski definition) is 1. The predicted molar refractivity (Wildman–Crippen MR) is 106 cm³/mol. The molecular formula is C21H16FN5O2. The standard InChI is InChI=1S/C21H16FN5O2/c22-16-6-2-1-5-14(16)12-26-18-9-20(23-10-15(18)11-24-26)25-27-17-7-3-4-8-19(17)29-13-21(27)28/h1-11H,12-13H2,(H,23,25). The maximum Gasteiger partial charge on any atom is 0.283 e. The minimum Gasteiger partial charge on any atom is -0.481 e. The van der Waals surface area contributed by atoms with Gasteiger partial charge in [-0.25, -0.2) is 14.4 Å². The van der Waals surface area contributed by atoms with Crippen LogP contribution in [0.4, 0.5) is 15.9 Å². The normalized spacial score (nSPS) is 13.3. The van der Waals surface area contributed by atoms with Crippen molar-refractivity contribution in [2.24, 2.45) is 0 Å². The van der Waals surface area contributed by atoms with Crippen LogP contribution in [0, 0.1) is 5.82 Å². The Kier molecular flexibility index (Phi) is 4.09. The number of carbonyl (C=O) groups excluding carboxylic acids is 1. The van der Waals surface area contributed by atoms with E-state index in [0.29, 0.717) is 29.4 Å². The third-order valence-electron chi connectivity index (χ3n) is 4.74. The molecule has 0 spiro atoms. The number of carbonyl (C=O) groups is 1. The van der Waals surface area contributed by atoms with Crippen LogP contribution in [0.25, 0.3) is 10.9 Å². The van der Waals surface area contributed by atoms with E-state index in [2.05, 4.69) is 15.5 Å². The number of nitrogens with zero attached hydrogens (tertiary/aromatic N) is 4. The fraction of sp³-hybridized carbons (Fsp3) is 0.0952. The Morgan fingerprint density at radius 2 is 1.93 bits per heavy atom. The summed E-state index contributed by atoms with van der Waals surface area (Å²) in [6, 6.07) is 15.7. The van der Waals surface area contributed by atoms with E-state index >= 15 is 0 Å². The highest BCUT2D eigenvalue weighted by atomic mass is 19.1. The van der Waals surface area contributed by atoms with Crippen molar-refractivity contribution in [3.63, 3.8) is 0 Å². The lowest BCUT2D eigenvalue weighted by Gasteiger charge is -2.29. The molecule has 0 atom stereocenters. The number of hydrazine groups is 1. The number of hydrogen-bond acceptors (Lipinski definition) is 5. The zero-order chi connectivity index (χ0) is 19.8. The molecule has 5 rings (SSSR count). The number of benzene rings is 2. The summed E-state index contributed by atoms with van der Waals surface area (Å²) >= 11 is 0. The SMILES string of the molecule is O=C1COc2ccccc2N1Nc1cc2c(cn1)cnn2Cc1ccccc1F. The van der Waals surface area contributed by atoms with Gasteiger partial charge in [-0.2, -0.15) is 5.10 Å². The molecular weight excluding hydrogens is 373 g/mol. The number of fused-ring (bicyclic) bond motifs is 2. The van der Waals surface area contributed by atoms with Crippen molar-refractivity contribution in [3.8, 4) is 5.75 Å². The first-order valence-corrected chi connectivity index (χ1v) is 9.05. The summed E-state index contributed by atoms with van der Waals surface area (Å²) in [5.41, 5.74) is 4.99. The second kappa shape index (κ2) is 6.90. The highest BCUT2D eigenvalue weighted by molar-refractivity contribution is 5.99. The molecule has 0 unspecified atom stereocenters.